The average molecular weight is 243 g/mol. The third-order valence-corrected chi connectivity index (χ3v) is 3.39. The summed E-state index contributed by atoms with van der Waals surface area (Å²) in [6.07, 6.45) is 8.85. The maximum atomic E-state index is 10.3. The van der Waals surface area contributed by atoms with Gasteiger partial charge in [-0.3, -0.25) is 4.98 Å². The van der Waals surface area contributed by atoms with E-state index < -0.39 is 0 Å². The van der Waals surface area contributed by atoms with Crippen LogP contribution >= 0.6 is 0 Å². The Kier molecular flexibility index (Phi) is 4.71. The Morgan fingerprint density at radius 2 is 1.94 bits per heavy atom. The Hall–Kier alpha value is -1.41. The Morgan fingerprint density at radius 1 is 1.11 bits per heavy atom. The Labute approximate surface area is 109 Å². The Balaban J connectivity index is 2.10. The zero-order valence-electron chi connectivity index (χ0n) is 11.0. The summed E-state index contributed by atoms with van der Waals surface area (Å²) in [5.41, 5.74) is 0.963. The Morgan fingerprint density at radius 3 is 2.78 bits per heavy atom. The van der Waals surface area contributed by atoms with E-state index in [-0.39, 0.29) is 6.10 Å². The molecule has 2 rings (SSSR count). The molecule has 2 aromatic rings. The number of aliphatic hydroxyl groups is 1. The largest absolute Gasteiger partial charge is 0.388 e. The van der Waals surface area contributed by atoms with Crippen molar-refractivity contribution in [2.45, 2.75) is 45.1 Å². The highest BCUT2D eigenvalue weighted by Gasteiger charge is 2.10. The summed E-state index contributed by atoms with van der Waals surface area (Å²) < 4.78 is 0. The van der Waals surface area contributed by atoms with E-state index in [0.29, 0.717) is 0 Å². The first-order chi connectivity index (χ1) is 8.83. The van der Waals surface area contributed by atoms with Crippen LogP contribution in [-0.2, 0) is 0 Å². The molecule has 2 nitrogen and oxygen atoms in total. The van der Waals surface area contributed by atoms with Crippen molar-refractivity contribution in [2.75, 3.05) is 0 Å². The lowest BCUT2D eigenvalue weighted by Crippen LogP contribution is -1.99. The SMILES string of the molecule is CCCCCCC(O)c1cncc2ccccc12. The molecule has 2 heteroatoms. The molecule has 1 heterocycles. The van der Waals surface area contributed by atoms with Gasteiger partial charge < -0.3 is 5.11 Å². The molecule has 0 amide bonds. The van der Waals surface area contributed by atoms with E-state index in [1.54, 1.807) is 6.20 Å². The zero-order chi connectivity index (χ0) is 12.8. The minimum absolute atomic E-state index is 0.388. The number of rotatable bonds is 6. The van der Waals surface area contributed by atoms with Crippen LogP contribution < -0.4 is 0 Å². The van der Waals surface area contributed by atoms with Crippen LogP contribution in [0.1, 0.15) is 50.7 Å². The molecule has 0 spiro atoms. The summed E-state index contributed by atoms with van der Waals surface area (Å²) in [6.45, 7) is 2.20. The number of benzene rings is 1. The molecule has 0 aliphatic heterocycles. The molecule has 0 fully saturated rings. The predicted molar refractivity (Wildman–Crippen MR) is 75.5 cm³/mol. The summed E-state index contributed by atoms with van der Waals surface area (Å²) in [4.78, 5) is 4.22. The first-order valence-corrected chi connectivity index (χ1v) is 6.83. The van der Waals surface area contributed by atoms with E-state index in [4.69, 9.17) is 0 Å². The van der Waals surface area contributed by atoms with Gasteiger partial charge in [0.2, 0.25) is 0 Å². The van der Waals surface area contributed by atoms with Crippen LogP contribution in [0.25, 0.3) is 10.8 Å². The number of aromatic nitrogens is 1. The van der Waals surface area contributed by atoms with Crippen LogP contribution in [0.3, 0.4) is 0 Å². The number of aliphatic hydroxyl groups excluding tert-OH is 1. The van der Waals surface area contributed by atoms with Crippen LogP contribution in [0, 0.1) is 0 Å². The predicted octanol–water partition coefficient (Wildman–Crippen LogP) is 4.24. The summed E-state index contributed by atoms with van der Waals surface area (Å²) in [6, 6.07) is 8.11. The van der Waals surface area contributed by atoms with Crippen molar-refractivity contribution in [1.29, 1.82) is 0 Å². The van der Waals surface area contributed by atoms with Gasteiger partial charge in [-0.1, -0.05) is 56.9 Å². The second-order valence-electron chi connectivity index (χ2n) is 4.81. The number of unbranched alkanes of at least 4 members (excludes halogenated alkanes) is 3. The maximum absolute atomic E-state index is 10.3. The smallest absolute Gasteiger partial charge is 0.0811 e. The molecule has 0 radical (unpaired) electrons. The lowest BCUT2D eigenvalue weighted by Gasteiger charge is -2.13. The molecule has 0 aliphatic rings. The highest BCUT2D eigenvalue weighted by atomic mass is 16.3. The van der Waals surface area contributed by atoms with Crippen molar-refractivity contribution in [3.05, 3.63) is 42.2 Å². The van der Waals surface area contributed by atoms with Crippen molar-refractivity contribution < 1.29 is 5.11 Å². The molecule has 1 N–H and O–H groups in total. The molecule has 1 aromatic carbocycles. The lowest BCUT2D eigenvalue weighted by molar-refractivity contribution is 0.164. The van der Waals surface area contributed by atoms with E-state index in [1.807, 2.05) is 24.4 Å². The van der Waals surface area contributed by atoms with Crippen molar-refractivity contribution in [1.82, 2.24) is 4.98 Å². The van der Waals surface area contributed by atoms with Gasteiger partial charge in [0, 0.05) is 23.3 Å². The quantitative estimate of drug-likeness (QED) is 0.770. The summed E-state index contributed by atoms with van der Waals surface area (Å²) in [7, 11) is 0. The molecule has 0 aliphatic carbocycles. The molecule has 1 aromatic heterocycles. The number of hydrogen-bond acceptors (Lipinski definition) is 2. The van der Waals surface area contributed by atoms with Crippen molar-refractivity contribution >= 4 is 10.8 Å². The molecule has 0 bridgehead atoms. The van der Waals surface area contributed by atoms with Gasteiger partial charge in [0.05, 0.1) is 6.10 Å². The van der Waals surface area contributed by atoms with Gasteiger partial charge in [-0.05, 0) is 11.8 Å². The molecular formula is C16H21NO. The van der Waals surface area contributed by atoms with Gasteiger partial charge in [0.15, 0.2) is 0 Å². The standard InChI is InChI=1S/C16H21NO/c1-2-3-4-5-10-16(18)15-12-17-11-13-8-6-7-9-14(13)15/h6-9,11-12,16,18H,2-5,10H2,1H3. The van der Waals surface area contributed by atoms with Crippen molar-refractivity contribution in [3.63, 3.8) is 0 Å². The molecular weight excluding hydrogens is 222 g/mol. The molecule has 18 heavy (non-hydrogen) atoms. The highest BCUT2D eigenvalue weighted by Crippen LogP contribution is 2.26. The number of fused-ring (bicyclic) bond motifs is 1. The average Bonchev–Trinajstić information content (AvgIpc) is 2.43. The van der Waals surface area contributed by atoms with Crippen LogP contribution in [0.4, 0.5) is 0 Å². The number of pyridine rings is 1. The normalized spacial score (nSPS) is 12.8. The van der Waals surface area contributed by atoms with Crippen LogP contribution in [0.15, 0.2) is 36.7 Å². The molecule has 1 atom stereocenters. The van der Waals surface area contributed by atoms with Gasteiger partial charge in [0.25, 0.3) is 0 Å². The van der Waals surface area contributed by atoms with Crippen molar-refractivity contribution in [2.24, 2.45) is 0 Å². The molecule has 0 saturated heterocycles. The third-order valence-electron chi connectivity index (χ3n) is 3.39. The van der Waals surface area contributed by atoms with Gasteiger partial charge in [-0.25, -0.2) is 0 Å². The molecule has 0 saturated carbocycles. The van der Waals surface area contributed by atoms with E-state index in [1.165, 1.54) is 19.3 Å². The first kappa shape index (κ1) is 13.0. The summed E-state index contributed by atoms with van der Waals surface area (Å²) >= 11 is 0. The van der Waals surface area contributed by atoms with E-state index in [0.717, 1.165) is 29.2 Å². The minimum atomic E-state index is -0.388. The topological polar surface area (TPSA) is 33.1 Å². The first-order valence-electron chi connectivity index (χ1n) is 6.83. The van der Waals surface area contributed by atoms with Crippen LogP contribution in [-0.4, -0.2) is 10.1 Å². The van der Waals surface area contributed by atoms with Crippen LogP contribution in [0.5, 0.6) is 0 Å². The molecule has 1 unspecified atom stereocenters. The summed E-state index contributed by atoms with van der Waals surface area (Å²) in [5, 5.41) is 12.5. The maximum Gasteiger partial charge on any atom is 0.0811 e. The van der Waals surface area contributed by atoms with Gasteiger partial charge >= 0.3 is 0 Å². The van der Waals surface area contributed by atoms with E-state index in [9.17, 15) is 5.11 Å². The minimum Gasteiger partial charge on any atom is -0.388 e. The van der Waals surface area contributed by atoms with E-state index >= 15 is 0 Å². The molecule has 96 valence electrons. The summed E-state index contributed by atoms with van der Waals surface area (Å²) in [5.74, 6) is 0. The monoisotopic (exact) mass is 243 g/mol. The lowest BCUT2D eigenvalue weighted by atomic mass is 9.99. The fraction of sp³-hybridized carbons (Fsp3) is 0.438. The van der Waals surface area contributed by atoms with Crippen LogP contribution in [0.2, 0.25) is 0 Å². The highest BCUT2D eigenvalue weighted by molar-refractivity contribution is 5.84. The third kappa shape index (κ3) is 3.08. The number of hydrogen-bond donors (Lipinski definition) is 1. The second kappa shape index (κ2) is 6.50. The van der Waals surface area contributed by atoms with Crippen molar-refractivity contribution in [3.8, 4) is 0 Å². The zero-order valence-corrected chi connectivity index (χ0v) is 11.0. The fourth-order valence-corrected chi connectivity index (χ4v) is 2.33. The fourth-order valence-electron chi connectivity index (χ4n) is 2.33. The van der Waals surface area contributed by atoms with Gasteiger partial charge in [0.1, 0.15) is 0 Å². The number of nitrogens with zero attached hydrogens (tertiary/aromatic N) is 1. The second-order valence-corrected chi connectivity index (χ2v) is 4.81. The van der Waals surface area contributed by atoms with Gasteiger partial charge in [-0.2, -0.15) is 0 Å². The Bertz CT molecular complexity index is 490. The van der Waals surface area contributed by atoms with E-state index in [2.05, 4.69) is 18.0 Å². The van der Waals surface area contributed by atoms with Gasteiger partial charge in [-0.15, -0.1) is 0 Å².